The Morgan fingerprint density at radius 1 is 1.17 bits per heavy atom. The quantitative estimate of drug-likeness (QED) is 0.507. The fraction of sp³-hybridized carbons (Fsp3) is 0.227. The van der Waals surface area contributed by atoms with E-state index in [4.69, 9.17) is 4.74 Å². The Bertz CT molecular complexity index is 1280. The third-order valence-corrected chi connectivity index (χ3v) is 5.81. The molecule has 0 aliphatic rings. The van der Waals surface area contributed by atoms with Crippen LogP contribution >= 0.6 is 11.3 Å². The fourth-order valence-corrected chi connectivity index (χ4v) is 4.40. The second-order valence-corrected chi connectivity index (χ2v) is 7.61. The second-order valence-electron chi connectivity index (χ2n) is 6.60. The van der Waals surface area contributed by atoms with Gasteiger partial charge in [-0.3, -0.25) is 9.59 Å². The minimum atomic E-state index is -0.354. The van der Waals surface area contributed by atoms with Gasteiger partial charge in [-0.2, -0.15) is 4.99 Å². The zero-order valence-corrected chi connectivity index (χ0v) is 17.1. The van der Waals surface area contributed by atoms with Gasteiger partial charge in [0.2, 0.25) is 0 Å². The number of H-pyrrole nitrogens is 1. The van der Waals surface area contributed by atoms with Crippen molar-refractivity contribution in [3.63, 3.8) is 0 Å². The van der Waals surface area contributed by atoms with Crippen molar-refractivity contribution in [2.75, 3.05) is 6.61 Å². The van der Waals surface area contributed by atoms with Crippen molar-refractivity contribution in [2.24, 2.45) is 4.99 Å². The van der Waals surface area contributed by atoms with E-state index in [-0.39, 0.29) is 18.4 Å². The predicted octanol–water partition coefficient (Wildman–Crippen LogP) is 4.05. The number of esters is 1. The molecule has 0 aliphatic carbocycles. The van der Waals surface area contributed by atoms with Crippen LogP contribution in [0.25, 0.3) is 21.1 Å². The number of para-hydroxylation sites is 1. The molecular formula is C22H21N3O3S. The number of aromatic nitrogens is 2. The van der Waals surface area contributed by atoms with Gasteiger partial charge in [0, 0.05) is 17.1 Å². The van der Waals surface area contributed by atoms with Gasteiger partial charge in [0.25, 0.3) is 5.91 Å². The molecule has 2 aromatic carbocycles. The lowest BCUT2D eigenvalue weighted by atomic mass is 10.2. The number of aryl methyl sites for hydroxylation is 1. The molecule has 0 saturated heterocycles. The molecule has 29 heavy (non-hydrogen) atoms. The van der Waals surface area contributed by atoms with E-state index in [1.807, 2.05) is 36.4 Å². The number of amides is 1. The molecule has 0 saturated carbocycles. The summed E-state index contributed by atoms with van der Waals surface area (Å²) in [6.07, 6.45) is 2.58. The first-order chi connectivity index (χ1) is 14.1. The van der Waals surface area contributed by atoms with Crippen LogP contribution < -0.4 is 4.80 Å². The molecular weight excluding hydrogens is 386 g/mol. The van der Waals surface area contributed by atoms with Crippen LogP contribution in [0.4, 0.5) is 0 Å². The van der Waals surface area contributed by atoms with Crippen molar-refractivity contribution < 1.29 is 14.3 Å². The van der Waals surface area contributed by atoms with E-state index in [2.05, 4.69) is 23.0 Å². The number of carbonyl (C=O) groups excluding carboxylic acids is 2. The van der Waals surface area contributed by atoms with Crippen LogP contribution in [0, 0.1) is 0 Å². The Morgan fingerprint density at radius 2 is 2.00 bits per heavy atom. The molecule has 2 aromatic heterocycles. The number of nitrogens with one attached hydrogen (secondary N) is 1. The van der Waals surface area contributed by atoms with Crippen LogP contribution in [0.5, 0.6) is 0 Å². The Kier molecular flexibility index (Phi) is 5.31. The van der Waals surface area contributed by atoms with Crippen LogP contribution in [0.1, 0.15) is 29.8 Å². The molecule has 4 aromatic rings. The Balaban J connectivity index is 1.84. The summed E-state index contributed by atoms with van der Waals surface area (Å²) in [5, 5.41) is 0.826. The topological polar surface area (TPSA) is 76.5 Å². The van der Waals surface area contributed by atoms with Gasteiger partial charge in [-0.15, -0.1) is 0 Å². The zero-order chi connectivity index (χ0) is 20.4. The van der Waals surface area contributed by atoms with Crippen molar-refractivity contribution in [3.8, 4) is 0 Å². The number of benzene rings is 2. The van der Waals surface area contributed by atoms with Crippen LogP contribution in [0.15, 0.2) is 53.7 Å². The summed E-state index contributed by atoms with van der Waals surface area (Å²) in [6.45, 7) is 4.18. The summed E-state index contributed by atoms with van der Waals surface area (Å²) >= 11 is 1.40. The molecule has 4 rings (SSSR count). The van der Waals surface area contributed by atoms with E-state index in [9.17, 15) is 9.59 Å². The van der Waals surface area contributed by atoms with E-state index >= 15 is 0 Å². The van der Waals surface area contributed by atoms with E-state index in [0.29, 0.717) is 17.0 Å². The number of thiazole rings is 1. The molecule has 6 nitrogen and oxygen atoms in total. The maximum Gasteiger partial charge on any atom is 0.326 e. The first-order valence-electron chi connectivity index (χ1n) is 9.53. The lowest BCUT2D eigenvalue weighted by Gasteiger charge is -2.05. The largest absolute Gasteiger partial charge is 0.465 e. The Morgan fingerprint density at radius 3 is 2.79 bits per heavy atom. The van der Waals surface area contributed by atoms with E-state index < -0.39 is 0 Å². The van der Waals surface area contributed by atoms with Crippen molar-refractivity contribution in [3.05, 3.63) is 64.6 Å². The van der Waals surface area contributed by atoms with Crippen molar-refractivity contribution >= 4 is 44.3 Å². The third kappa shape index (κ3) is 3.73. The SMILES string of the molecule is CCOC(=O)Cn1c(=NC(=O)c2c[nH]c3ccccc23)sc2cc(CC)ccc21. The zero-order valence-electron chi connectivity index (χ0n) is 16.3. The highest BCUT2D eigenvalue weighted by Gasteiger charge is 2.15. The third-order valence-electron chi connectivity index (χ3n) is 4.76. The van der Waals surface area contributed by atoms with Gasteiger partial charge < -0.3 is 14.3 Å². The predicted molar refractivity (Wildman–Crippen MR) is 114 cm³/mol. The van der Waals surface area contributed by atoms with Gasteiger partial charge >= 0.3 is 5.97 Å². The van der Waals surface area contributed by atoms with Crippen LogP contribution in [0.3, 0.4) is 0 Å². The highest BCUT2D eigenvalue weighted by Crippen LogP contribution is 2.21. The average Bonchev–Trinajstić information content (AvgIpc) is 3.29. The summed E-state index contributed by atoms with van der Waals surface area (Å²) in [5.74, 6) is -0.699. The second kappa shape index (κ2) is 8.05. The van der Waals surface area contributed by atoms with Gasteiger partial charge in [-0.05, 0) is 37.1 Å². The van der Waals surface area contributed by atoms with Crippen LogP contribution in [-0.4, -0.2) is 28.0 Å². The number of rotatable bonds is 5. The van der Waals surface area contributed by atoms with Crippen molar-refractivity contribution in [1.82, 2.24) is 9.55 Å². The first kappa shape index (κ1) is 19.1. The molecule has 1 amide bonds. The van der Waals surface area contributed by atoms with Gasteiger partial charge in [-0.1, -0.05) is 42.5 Å². The highest BCUT2D eigenvalue weighted by molar-refractivity contribution is 7.16. The van der Waals surface area contributed by atoms with Gasteiger partial charge in [-0.25, -0.2) is 0 Å². The first-order valence-corrected chi connectivity index (χ1v) is 10.4. The number of carbonyl (C=O) groups is 2. The molecule has 0 radical (unpaired) electrons. The van der Waals surface area contributed by atoms with Crippen molar-refractivity contribution in [2.45, 2.75) is 26.8 Å². The minimum absolute atomic E-state index is 0.0132. The monoisotopic (exact) mass is 407 g/mol. The molecule has 1 N–H and O–H groups in total. The number of hydrogen-bond donors (Lipinski definition) is 1. The fourth-order valence-electron chi connectivity index (χ4n) is 3.31. The summed E-state index contributed by atoms with van der Waals surface area (Å²) in [6, 6.07) is 13.7. The van der Waals surface area contributed by atoms with Gasteiger partial charge in [0.15, 0.2) is 4.80 Å². The maximum absolute atomic E-state index is 12.9. The number of fused-ring (bicyclic) bond motifs is 2. The average molecular weight is 407 g/mol. The minimum Gasteiger partial charge on any atom is -0.465 e. The standard InChI is InChI=1S/C22H21N3O3S/c1-3-14-9-10-18-19(11-14)29-22(25(18)13-20(26)28-4-2)24-21(27)16-12-23-17-8-6-5-7-15(16)17/h5-12,23H,3-4,13H2,1-2H3. The molecule has 0 aliphatic heterocycles. The number of ether oxygens (including phenoxy) is 1. The molecule has 0 atom stereocenters. The van der Waals surface area contributed by atoms with Crippen LogP contribution in [-0.2, 0) is 22.5 Å². The lowest BCUT2D eigenvalue weighted by Crippen LogP contribution is -2.23. The molecule has 0 spiro atoms. The van der Waals surface area contributed by atoms with Crippen molar-refractivity contribution in [1.29, 1.82) is 0 Å². The lowest BCUT2D eigenvalue weighted by molar-refractivity contribution is -0.143. The number of aromatic amines is 1. The molecule has 148 valence electrons. The molecule has 7 heteroatoms. The Labute approximate surface area is 171 Å². The van der Waals surface area contributed by atoms with Crippen LogP contribution in [0.2, 0.25) is 0 Å². The van der Waals surface area contributed by atoms with Gasteiger partial charge in [0.05, 0.1) is 22.4 Å². The Hall–Kier alpha value is -3.19. The van der Waals surface area contributed by atoms with E-state index in [1.54, 1.807) is 17.7 Å². The molecule has 0 fully saturated rings. The summed E-state index contributed by atoms with van der Waals surface area (Å²) < 4.78 is 7.85. The summed E-state index contributed by atoms with van der Waals surface area (Å²) in [5.41, 5.74) is 3.45. The normalized spacial score (nSPS) is 12.0. The maximum atomic E-state index is 12.9. The molecule has 0 bridgehead atoms. The summed E-state index contributed by atoms with van der Waals surface area (Å²) in [7, 11) is 0. The van der Waals surface area contributed by atoms with Gasteiger partial charge in [0.1, 0.15) is 6.54 Å². The summed E-state index contributed by atoms with van der Waals surface area (Å²) in [4.78, 5) is 33.0. The number of nitrogens with zero attached hydrogens (tertiary/aromatic N) is 2. The molecule has 2 heterocycles. The van der Waals surface area contributed by atoms with E-state index in [1.165, 1.54) is 16.9 Å². The smallest absolute Gasteiger partial charge is 0.326 e. The highest BCUT2D eigenvalue weighted by atomic mass is 32.1. The molecule has 0 unspecified atom stereocenters. The van der Waals surface area contributed by atoms with E-state index in [0.717, 1.165) is 27.5 Å². The number of hydrogen-bond acceptors (Lipinski definition) is 4.